The molecule has 0 saturated carbocycles. The summed E-state index contributed by atoms with van der Waals surface area (Å²) >= 11 is 0. The molecule has 16 nitrogen and oxygen atoms in total. The molecular weight excluding hydrogens is 566 g/mol. The van der Waals surface area contributed by atoms with E-state index in [0.717, 1.165) is 4.90 Å². The number of amides is 5. The smallest absolute Gasteiger partial charge is 0.326 e. The highest BCUT2D eigenvalue weighted by Crippen LogP contribution is 2.13. The number of nitrogens with zero attached hydrogens (tertiary/aromatic N) is 2. The van der Waals surface area contributed by atoms with Crippen molar-refractivity contribution >= 4 is 41.5 Å². The summed E-state index contributed by atoms with van der Waals surface area (Å²) in [5.74, 6) is -7.53. The normalized spacial score (nSPS) is 24.7. The van der Waals surface area contributed by atoms with Crippen molar-refractivity contribution in [1.82, 2.24) is 36.1 Å². The van der Waals surface area contributed by atoms with Crippen LogP contribution in [0.2, 0.25) is 0 Å². The van der Waals surface area contributed by atoms with Gasteiger partial charge in [-0.25, -0.2) is 14.6 Å². The third kappa shape index (κ3) is 9.11. The average Bonchev–Trinajstić information content (AvgIpc) is 3.47. The van der Waals surface area contributed by atoms with Crippen LogP contribution in [0.25, 0.3) is 0 Å². The van der Waals surface area contributed by atoms with Crippen molar-refractivity contribution < 1.29 is 43.8 Å². The summed E-state index contributed by atoms with van der Waals surface area (Å²) < 4.78 is 0. The van der Waals surface area contributed by atoms with Gasteiger partial charge in [-0.15, -0.1) is 0 Å². The maximum absolute atomic E-state index is 13.8. The van der Waals surface area contributed by atoms with Crippen LogP contribution >= 0.6 is 0 Å². The Kier molecular flexibility index (Phi) is 10.9. The number of carbonyl (C=O) groups is 7. The molecule has 1 aliphatic heterocycles. The van der Waals surface area contributed by atoms with Crippen LogP contribution in [-0.2, 0) is 46.4 Å². The number of imidazole rings is 1. The molecule has 1 aromatic carbocycles. The molecule has 0 aliphatic carbocycles. The lowest BCUT2D eigenvalue weighted by Crippen LogP contribution is -2.59. The number of carbonyl (C=O) groups excluding carboxylic acids is 5. The highest BCUT2D eigenvalue weighted by atomic mass is 16.4. The number of nitrogens with one attached hydrogen (secondary N) is 5. The second kappa shape index (κ2) is 14.6. The molecule has 0 bridgehead atoms. The molecule has 7 N–H and O–H groups in total. The number of aromatic amines is 1. The molecule has 0 radical (unpaired) electrons. The lowest BCUT2D eigenvalue weighted by molar-refractivity contribution is -0.147. The number of likely N-dealkylation sites (N-methyl/N-ethyl adjacent to an activating group) is 1. The molecule has 5 amide bonds. The average molecular weight is 600 g/mol. The number of hydrogen-bond donors (Lipinski definition) is 7. The Hall–Kier alpha value is -5.28. The number of H-pyrrole nitrogens is 1. The number of rotatable bonds is 6. The fourth-order valence-electron chi connectivity index (χ4n) is 4.41. The number of carboxylic acids is 2. The zero-order chi connectivity index (χ0) is 31.7. The first kappa shape index (κ1) is 32.2. The summed E-state index contributed by atoms with van der Waals surface area (Å²) in [7, 11) is 1.32. The van der Waals surface area contributed by atoms with Crippen molar-refractivity contribution in [3.8, 4) is 0 Å². The highest BCUT2D eigenvalue weighted by Gasteiger charge is 2.36. The van der Waals surface area contributed by atoms with Gasteiger partial charge < -0.3 is 41.4 Å². The molecule has 2 heterocycles. The lowest BCUT2D eigenvalue weighted by Gasteiger charge is -2.32. The first-order valence-corrected chi connectivity index (χ1v) is 13.3. The topological polar surface area (TPSA) is 240 Å². The van der Waals surface area contributed by atoms with E-state index >= 15 is 0 Å². The van der Waals surface area contributed by atoms with Crippen LogP contribution in [0.1, 0.15) is 31.0 Å². The molecule has 0 unspecified atom stereocenters. The predicted molar refractivity (Wildman–Crippen MR) is 147 cm³/mol. The van der Waals surface area contributed by atoms with Crippen LogP contribution in [0.4, 0.5) is 0 Å². The van der Waals surface area contributed by atoms with E-state index in [1.54, 1.807) is 30.3 Å². The maximum Gasteiger partial charge on any atom is 0.326 e. The highest BCUT2D eigenvalue weighted by molar-refractivity contribution is 5.97. The maximum atomic E-state index is 13.8. The van der Waals surface area contributed by atoms with Gasteiger partial charge in [0.2, 0.25) is 29.5 Å². The molecule has 230 valence electrons. The van der Waals surface area contributed by atoms with Gasteiger partial charge in [0.15, 0.2) is 0 Å². The minimum Gasteiger partial charge on any atom is -0.480 e. The van der Waals surface area contributed by atoms with E-state index in [9.17, 15) is 43.8 Å². The summed E-state index contributed by atoms with van der Waals surface area (Å²) in [6.45, 7) is 1.32. The summed E-state index contributed by atoms with van der Waals surface area (Å²) in [4.78, 5) is 97.1. The fraction of sp³-hybridized carbons (Fsp3) is 0.407. The summed E-state index contributed by atoms with van der Waals surface area (Å²) in [6.07, 6.45) is 1.05. The Morgan fingerprint density at radius 1 is 0.860 bits per heavy atom. The minimum absolute atomic E-state index is 0.0499. The van der Waals surface area contributed by atoms with Crippen LogP contribution < -0.4 is 21.3 Å². The summed E-state index contributed by atoms with van der Waals surface area (Å²) in [5.41, 5.74) is 1.10. The minimum atomic E-state index is -1.80. The van der Waals surface area contributed by atoms with Gasteiger partial charge in [0.05, 0.1) is 19.2 Å². The predicted octanol–water partition coefficient (Wildman–Crippen LogP) is -2.06. The van der Waals surface area contributed by atoms with Crippen LogP contribution in [0.15, 0.2) is 42.9 Å². The van der Waals surface area contributed by atoms with Gasteiger partial charge in [-0.2, -0.15) is 0 Å². The van der Waals surface area contributed by atoms with Crippen molar-refractivity contribution in [3.05, 3.63) is 54.1 Å². The zero-order valence-corrected chi connectivity index (χ0v) is 23.4. The molecule has 1 aliphatic rings. The standard InChI is InChI=1S/C27H33N7O9/c1-14-23(37)32-17(9-16-12-28-13-29-16)25(39)34(2)20(8-15-6-4-3-5-7-15)24(38)33-19(27(42)43)11-22(36)31-18(26(40)41)10-21(35)30-14/h3-7,12-14,17-20H,8-11H2,1-2H3,(H,28,29)(H,30,35)(H,31,36)(H,32,37)(H,33,38)(H,40,41)(H,42,43)/t14-,17+,18+,19+,20+/m1/s1. The van der Waals surface area contributed by atoms with Gasteiger partial charge in [-0.05, 0) is 12.5 Å². The molecule has 5 atom stereocenters. The Labute approximate surface area is 245 Å². The van der Waals surface area contributed by atoms with Gasteiger partial charge >= 0.3 is 11.9 Å². The number of carboxylic acid groups (broad SMARTS) is 2. The SMILES string of the molecule is C[C@H]1NC(=O)C[C@@H](C(=O)O)NC(=O)C[C@@H](C(=O)O)NC(=O)[C@H](Cc2ccccc2)N(C)C(=O)[C@H](Cc2cnc[nH]2)NC1=O. The third-order valence-electron chi connectivity index (χ3n) is 6.78. The van der Waals surface area contributed by atoms with E-state index in [1.165, 1.54) is 26.5 Å². The molecular formula is C27H33N7O9. The van der Waals surface area contributed by atoms with Crippen molar-refractivity contribution in [2.75, 3.05) is 7.05 Å². The Bertz CT molecular complexity index is 1350. The van der Waals surface area contributed by atoms with Gasteiger partial charge in [0.1, 0.15) is 30.2 Å². The first-order valence-electron chi connectivity index (χ1n) is 13.3. The van der Waals surface area contributed by atoms with Crippen molar-refractivity contribution in [3.63, 3.8) is 0 Å². The fourth-order valence-corrected chi connectivity index (χ4v) is 4.41. The van der Waals surface area contributed by atoms with Crippen LogP contribution in [0.5, 0.6) is 0 Å². The number of hydrogen-bond acceptors (Lipinski definition) is 8. The largest absolute Gasteiger partial charge is 0.480 e. The number of aliphatic carboxylic acids is 2. The monoisotopic (exact) mass is 599 g/mol. The second-order valence-electron chi connectivity index (χ2n) is 10.1. The van der Waals surface area contributed by atoms with E-state index in [1.807, 2.05) is 0 Å². The van der Waals surface area contributed by atoms with Crippen molar-refractivity contribution in [2.45, 2.75) is 62.8 Å². The zero-order valence-electron chi connectivity index (χ0n) is 23.4. The van der Waals surface area contributed by atoms with Gasteiger partial charge in [0, 0.05) is 31.8 Å². The second-order valence-corrected chi connectivity index (χ2v) is 10.1. The Morgan fingerprint density at radius 2 is 1.47 bits per heavy atom. The molecule has 0 spiro atoms. The molecule has 1 fully saturated rings. The summed E-state index contributed by atoms with van der Waals surface area (Å²) in [6, 6.07) is 1.26. The van der Waals surface area contributed by atoms with Crippen LogP contribution in [0.3, 0.4) is 0 Å². The van der Waals surface area contributed by atoms with E-state index in [-0.39, 0.29) is 12.8 Å². The van der Waals surface area contributed by atoms with E-state index < -0.39 is 84.5 Å². The first-order chi connectivity index (χ1) is 20.3. The Balaban J connectivity index is 2.03. The number of aromatic nitrogens is 2. The molecule has 3 rings (SSSR count). The van der Waals surface area contributed by atoms with E-state index in [2.05, 4.69) is 31.2 Å². The van der Waals surface area contributed by atoms with Gasteiger partial charge in [0.25, 0.3) is 0 Å². The van der Waals surface area contributed by atoms with Crippen LogP contribution in [0, 0.1) is 0 Å². The van der Waals surface area contributed by atoms with Crippen molar-refractivity contribution in [2.24, 2.45) is 0 Å². The van der Waals surface area contributed by atoms with Gasteiger partial charge in [-0.1, -0.05) is 30.3 Å². The quantitative estimate of drug-likeness (QED) is 0.192. The molecule has 2 aromatic rings. The molecule has 1 aromatic heterocycles. The Morgan fingerprint density at radius 3 is 2.05 bits per heavy atom. The third-order valence-corrected chi connectivity index (χ3v) is 6.78. The molecule has 16 heteroatoms. The van der Waals surface area contributed by atoms with Gasteiger partial charge in [-0.3, -0.25) is 24.0 Å². The number of benzene rings is 1. The van der Waals surface area contributed by atoms with E-state index in [0.29, 0.717) is 11.3 Å². The van der Waals surface area contributed by atoms with E-state index in [4.69, 9.17) is 0 Å². The lowest BCUT2D eigenvalue weighted by atomic mass is 10.0. The molecule has 1 saturated heterocycles. The van der Waals surface area contributed by atoms with Crippen LogP contribution in [-0.4, -0.2) is 104 Å². The van der Waals surface area contributed by atoms with Crippen molar-refractivity contribution in [1.29, 1.82) is 0 Å². The molecule has 43 heavy (non-hydrogen) atoms. The summed E-state index contributed by atoms with van der Waals surface area (Å²) in [5, 5.41) is 28.5.